The maximum atomic E-state index is 4.16. The molecule has 0 aromatic rings. The Morgan fingerprint density at radius 2 is 0.457 bits per heavy atom. The van der Waals surface area contributed by atoms with Crippen molar-refractivity contribution in [1.29, 1.82) is 0 Å². The van der Waals surface area contributed by atoms with Crippen molar-refractivity contribution in [2.75, 3.05) is 0 Å². The van der Waals surface area contributed by atoms with Crippen LogP contribution in [0, 0.1) is 0 Å². The summed E-state index contributed by atoms with van der Waals surface area (Å²) in [6.07, 6.45) is 40.9. The SMILES string of the molecule is CCCCCCCCCCCCCCCC[Te](Br)(Br)CCCCCCCCCCCCCCCC. The van der Waals surface area contributed by atoms with Gasteiger partial charge in [0.2, 0.25) is 0 Å². The minimum Gasteiger partial charge on any atom is -0.0654 e. The fraction of sp³-hybridized carbons (Fsp3) is 1.00. The van der Waals surface area contributed by atoms with Crippen molar-refractivity contribution in [2.24, 2.45) is 0 Å². The third-order valence-corrected chi connectivity index (χ3v) is 21.3. The van der Waals surface area contributed by atoms with E-state index in [1.165, 1.54) is 189 Å². The molecule has 0 bridgehead atoms. The molecule has 0 nitrogen and oxygen atoms in total. The molecule has 0 rings (SSSR count). The maximum absolute atomic E-state index is 4.16. The Morgan fingerprint density at radius 1 is 0.286 bits per heavy atom. The number of rotatable bonds is 30. The molecule has 0 amide bonds. The van der Waals surface area contributed by atoms with Gasteiger partial charge in [0, 0.05) is 0 Å². The Balaban J connectivity index is 3.28. The Kier molecular flexibility index (Phi) is 31.8. The van der Waals surface area contributed by atoms with Crippen LogP contribution in [-0.2, 0) is 0 Å². The molecular formula is C32H66Br2Te. The van der Waals surface area contributed by atoms with Crippen LogP contribution in [0.25, 0.3) is 0 Å². The molecule has 0 aliphatic carbocycles. The molecule has 0 atom stereocenters. The minimum atomic E-state index is -1.83. The van der Waals surface area contributed by atoms with E-state index < -0.39 is 13.8 Å². The molecule has 0 aliphatic rings. The van der Waals surface area contributed by atoms with Gasteiger partial charge in [-0.1, -0.05) is 52.4 Å². The number of hydrogen-bond acceptors (Lipinski definition) is 0. The molecule has 0 fully saturated rings. The predicted molar refractivity (Wildman–Crippen MR) is 174 cm³/mol. The standard InChI is InChI=1S/C32H66Br2Te/c1-3-5-7-9-11-13-15-17-19-21-23-25-27-29-31-35(33,34)32-30-28-26-24-22-20-18-16-14-12-10-8-6-4-2/h3-32H2,1-2H3. The van der Waals surface area contributed by atoms with E-state index in [1.54, 1.807) is 0 Å². The summed E-state index contributed by atoms with van der Waals surface area (Å²) in [7, 11) is 0. The zero-order valence-electron chi connectivity index (χ0n) is 24.4. The van der Waals surface area contributed by atoms with Crippen LogP contribution in [0.3, 0.4) is 0 Å². The van der Waals surface area contributed by atoms with Crippen molar-refractivity contribution in [3.8, 4) is 0 Å². The molecule has 0 saturated carbocycles. The van der Waals surface area contributed by atoms with Gasteiger partial charge in [0.15, 0.2) is 0 Å². The number of unbranched alkanes of at least 4 members (excludes halogenated alkanes) is 26. The Bertz CT molecular complexity index is 352. The summed E-state index contributed by atoms with van der Waals surface area (Å²) in [5.41, 5.74) is 0. The zero-order chi connectivity index (χ0) is 25.7. The van der Waals surface area contributed by atoms with Gasteiger partial charge in [-0.2, -0.15) is 0 Å². The first-order valence-corrected chi connectivity index (χ1v) is 30.0. The first-order valence-electron chi connectivity index (χ1n) is 16.3. The molecular weight excluding hydrogens is 672 g/mol. The van der Waals surface area contributed by atoms with Crippen LogP contribution >= 0.6 is 25.5 Å². The Hall–Kier alpha value is 1.75. The van der Waals surface area contributed by atoms with Gasteiger partial charge in [0.25, 0.3) is 0 Å². The van der Waals surface area contributed by atoms with E-state index >= 15 is 0 Å². The Morgan fingerprint density at radius 3 is 0.657 bits per heavy atom. The normalized spacial score (nSPS) is 12.5. The fourth-order valence-electron chi connectivity index (χ4n) is 5.12. The van der Waals surface area contributed by atoms with E-state index in [1.807, 2.05) is 0 Å². The topological polar surface area (TPSA) is 0 Å². The van der Waals surface area contributed by atoms with Gasteiger partial charge in [0.05, 0.1) is 0 Å². The molecule has 0 radical (unpaired) electrons. The molecule has 0 spiro atoms. The molecule has 3 heteroatoms. The minimum absolute atomic E-state index is 1.37. The van der Waals surface area contributed by atoms with Gasteiger partial charge in [0.1, 0.15) is 0 Å². The van der Waals surface area contributed by atoms with Gasteiger partial charge in [-0.05, 0) is 0 Å². The second-order valence-electron chi connectivity index (χ2n) is 11.3. The smallest absolute Gasteiger partial charge is 0.0654 e. The van der Waals surface area contributed by atoms with E-state index in [9.17, 15) is 0 Å². The average Bonchev–Trinajstić information content (AvgIpc) is 2.84. The number of halogens is 2. The predicted octanol–water partition coefficient (Wildman–Crippen LogP) is 14.2. The van der Waals surface area contributed by atoms with Gasteiger partial charge >= 0.3 is 189 Å². The quantitative estimate of drug-likeness (QED) is 0.0509. The first kappa shape index (κ1) is 36.7. The molecule has 0 saturated heterocycles. The summed E-state index contributed by atoms with van der Waals surface area (Å²) in [5, 5.41) is 0. The van der Waals surface area contributed by atoms with E-state index in [-0.39, 0.29) is 0 Å². The number of hydrogen-bond donors (Lipinski definition) is 0. The van der Waals surface area contributed by atoms with E-state index in [2.05, 4.69) is 39.4 Å². The molecule has 0 heterocycles. The Labute approximate surface area is 240 Å². The van der Waals surface area contributed by atoms with Crippen LogP contribution in [0.4, 0.5) is 0 Å². The van der Waals surface area contributed by atoms with Gasteiger partial charge in [-0.25, -0.2) is 0 Å². The van der Waals surface area contributed by atoms with Crippen LogP contribution in [0.2, 0.25) is 8.94 Å². The second-order valence-corrected chi connectivity index (χ2v) is 40.1. The summed E-state index contributed by atoms with van der Waals surface area (Å²) in [6.45, 7) is 4.61. The fourth-order valence-corrected chi connectivity index (χ4v) is 15.4. The van der Waals surface area contributed by atoms with Crippen LogP contribution in [0.5, 0.6) is 0 Å². The van der Waals surface area contributed by atoms with Gasteiger partial charge < -0.3 is 0 Å². The zero-order valence-corrected chi connectivity index (χ0v) is 29.9. The monoisotopic (exact) mass is 738 g/mol. The summed E-state index contributed by atoms with van der Waals surface area (Å²) < 4.78 is 2.94. The van der Waals surface area contributed by atoms with Crippen molar-refractivity contribution < 1.29 is 0 Å². The molecule has 0 unspecified atom stereocenters. The average molecular weight is 738 g/mol. The molecule has 0 aromatic heterocycles. The van der Waals surface area contributed by atoms with Crippen molar-refractivity contribution >= 4 is 39.3 Å². The van der Waals surface area contributed by atoms with Crippen LogP contribution < -0.4 is 0 Å². The molecule has 35 heavy (non-hydrogen) atoms. The van der Waals surface area contributed by atoms with E-state index in [0.717, 1.165) is 0 Å². The summed E-state index contributed by atoms with van der Waals surface area (Å²) >= 11 is 6.50. The van der Waals surface area contributed by atoms with Crippen LogP contribution in [-0.4, -0.2) is 13.8 Å². The summed E-state index contributed by atoms with van der Waals surface area (Å²) in [5.74, 6) is 0. The summed E-state index contributed by atoms with van der Waals surface area (Å²) in [6, 6.07) is 0. The van der Waals surface area contributed by atoms with E-state index in [0.29, 0.717) is 0 Å². The van der Waals surface area contributed by atoms with Crippen molar-refractivity contribution in [3.05, 3.63) is 0 Å². The second kappa shape index (κ2) is 30.3. The van der Waals surface area contributed by atoms with Crippen molar-refractivity contribution in [3.63, 3.8) is 0 Å². The van der Waals surface area contributed by atoms with Crippen LogP contribution in [0.15, 0.2) is 0 Å². The molecule has 0 aliphatic heterocycles. The summed E-state index contributed by atoms with van der Waals surface area (Å²) in [4.78, 5) is 0. The van der Waals surface area contributed by atoms with Crippen molar-refractivity contribution in [2.45, 2.75) is 203 Å². The van der Waals surface area contributed by atoms with Crippen LogP contribution in [0.1, 0.15) is 194 Å². The van der Waals surface area contributed by atoms with E-state index in [4.69, 9.17) is 0 Å². The third-order valence-electron chi connectivity index (χ3n) is 7.59. The molecule has 0 aromatic carbocycles. The van der Waals surface area contributed by atoms with Gasteiger partial charge in [-0.3, -0.25) is 0 Å². The molecule has 0 N–H and O–H groups in total. The van der Waals surface area contributed by atoms with Gasteiger partial charge in [-0.15, -0.1) is 0 Å². The first-order chi connectivity index (χ1) is 17.1. The molecule has 214 valence electrons. The van der Waals surface area contributed by atoms with Crippen molar-refractivity contribution in [1.82, 2.24) is 0 Å². The third kappa shape index (κ3) is 31.9.